The highest BCUT2D eigenvalue weighted by molar-refractivity contribution is 9.10. The zero-order chi connectivity index (χ0) is 23.9. The fourth-order valence-electron chi connectivity index (χ4n) is 3.57. The van der Waals surface area contributed by atoms with Crippen LogP contribution in [-0.4, -0.2) is 33.7 Å². The molecule has 1 aliphatic heterocycles. The van der Waals surface area contributed by atoms with E-state index in [2.05, 4.69) is 20.7 Å². The van der Waals surface area contributed by atoms with Gasteiger partial charge < -0.3 is 13.7 Å². The summed E-state index contributed by atoms with van der Waals surface area (Å²) in [5.74, 6) is -1.23. The highest BCUT2D eigenvalue weighted by atomic mass is 79.9. The number of esters is 1. The number of carbonyl (C=O) groups excluding carboxylic acids is 3. The van der Waals surface area contributed by atoms with Crippen LogP contribution in [0, 0.1) is 19.7 Å². The normalized spacial score (nSPS) is 15.1. The third-order valence-electron chi connectivity index (χ3n) is 5.14. The summed E-state index contributed by atoms with van der Waals surface area (Å²) in [4.78, 5) is 38.2. The minimum absolute atomic E-state index is 0.0115. The summed E-state index contributed by atoms with van der Waals surface area (Å²) < 4.78 is 26.9. The average Bonchev–Trinajstić information content (AvgIpc) is 3.42. The molecule has 2 aromatic heterocycles. The van der Waals surface area contributed by atoms with Crippen molar-refractivity contribution in [2.45, 2.75) is 20.4 Å². The summed E-state index contributed by atoms with van der Waals surface area (Å²) in [5.41, 5.74) is 2.60. The van der Waals surface area contributed by atoms with Crippen molar-refractivity contribution in [3.8, 4) is 5.69 Å². The minimum atomic E-state index is -0.646. The number of halogens is 2. The smallest absolute Gasteiger partial charge is 0.373 e. The maximum absolute atomic E-state index is 14.5. The predicted molar refractivity (Wildman–Crippen MR) is 124 cm³/mol. The van der Waals surface area contributed by atoms with E-state index in [-0.39, 0.29) is 28.8 Å². The van der Waals surface area contributed by atoms with Crippen molar-refractivity contribution in [1.29, 1.82) is 0 Å². The summed E-state index contributed by atoms with van der Waals surface area (Å²) >= 11 is 4.07. The monoisotopic (exact) mass is 532 g/mol. The van der Waals surface area contributed by atoms with Crippen molar-refractivity contribution in [3.63, 3.8) is 0 Å². The van der Waals surface area contributed by atoms with E-state index in [1.807, 2.05) is 19.9 Å². The number of imide groups is 1. The van der Waals surface area contributed by atoms with Gasteiger partial charge in [-0.1, -0.05) is 15.9 Å². The molecule has 0 unspecified atom stereocenters. The van der Waals surface area contributed by atoms with Crippen LogP contribution >= 0.6 is 27.7 Å². The Morgan fingerprint density at radius 3 is 2.67 bits per heavy atom. The van der Waals surface area contributed by atoms with Gasteiger partial charge in [0.25, 0.3) is 11.1 Å². The Morgan fingerprint density at radius 2 is 1.97 bits per heavy atom. The van der Waals surface area contributed by atoms with Gasteiger partial charge in [0.15, 0.2) is 0 Å². The third-order valence-corrected chi connectivity index (χ3v) is 6.54. The Labute approximate surface area is 201 Å². The largest absolute Gasteiger partial charge is 0.463 e. The quantitative estimate of drug-likeness (QED) is 0.313. The molecule has 0 aliphatic carbocycles. The summed E-state index contributed by atoms with van der Waals surface area (Å²) in [6, 6.07) is 9.58. The second-order valence-corrected chi connectivity index (χ2v) is 9.19. The standard InChI is InChI=1S/C23H18BrFN2O5S/c1-12-8-14(13(2)27(12)18-6-4-15(24)10-17(18)25)9-20-21(28)26(23(30)33-20)11-16-5-7-19(32-16)22(29)31-3/h4-10H,11H2,1-3H3/b20-9+. The van der Waals surface area contributed by atoms with Gasteiger partial charge >= 0.3 is 5.97 Å². The lowest BCUT2D eigenvalue weighted by atomic mass is 10.2. The molecular formula is C23H18BrFN2O5S. The molecule has 10 heteroatoms. The first-order valence-corrected chi connectivity index (χ1v) is 11.4. The molecule has 0 spiro atoms. The molecule has 3 heterocycles. The molecule has 1 aliphatic rings. The Morgan fingerprint density at radius 1 is 1.21 bits per heavy atom. The Kier molecular flexibility index (Phi) is 6.31. The highest BCUT2D eigenvalue weighted by Crippen LogP contribution is 2.35. The van der Waals surface area contributed by atoms with Crippen molar-refractivity contribution in [2.75, 3.05) is 7.11 Å². The Hall–Kier alpha value is -3.11. The van der Waals surface area contributed by atoms with Gasteiger partial charge in [0.05, 0.1) is 24.2 Å². The van der Waals surface area contributed by atoms with Gasteiger partial charge in [-0.25, -0.2) is 9.18 Å². The molecule has 1 saturated heterocycles. The molecule has 7 nitrogen and oxygen atoms in total. The summed E-state index contributed by atoms with van der Waals surface area (Å²) in [7, 11) is 1.23. The summed E-state index contributed by atoms with van der Waals surface area (Å²) in [6.45, 7) is 3.55. The van der Waals surface area contributed by atoms with Crippen molar-refractivity contribution in [2.24, 2.45) is 0 Å². The van der Waals surface area contributed by atoms with E-state index in [1.165, 1.54) is 25.3 Å². The number of hydrogen-bond donors (Lipinski definition) is 0. The number of hydrogen-bond acceptors (Lipinski definition) is 6. The van der Waals surface area contributed by atoms with Gasteiger partial charge in [0, 0.05) is 15.9 Å². The maximum atomic E-state index is 14.5. The van der Waals surface area contributed by atoms with Gasteiger partial charge in [0.2, 0.25) is 5.76 Å². The first-order valence-electron chi connectivity index (χ1n) is 9.76. The fraction of sp³-hybridized carbons (Fsp3) is 0.174. The predicted octanol–water partition coefficient (Wildman–Crippen LogP) is 5.61. The zero-order valence-electron chi connectivity index (χ0n) is 17.8. The number of benzene rings is 1. The molecule has 0 radical (unpaired) electrons. The van der Waals surface area contributed by atoms with E-state index >= 15 is 0 Å². The molecule has 0 saturated carbocycles. The van der Waals surface area contributed by atoms with Crippen LogP contribution in [0.15, 0.2) is 50.2 Å². The molecule has 33 heavy (non-hydrogen) atoms. The van der Waals surface area contributed by atoms with Crippen LogP contribution in [0.3, 0.4) is 0 Å². The second kappa shape index (κ2) is 9.03. The van der Waals surface area contributed by atoms with E-state index < -0.39 is 17.1 Å². The maximum Gasteiger partial charge on any atom is 0.373 e. The number of thioether (sulfide) groups is 1. The van der Waals surface area contributed by atoms with Gasteiger partial charge in [-0.15, -0.1) is 0 Å². The number of rotatable bonds is 5. The number of amides is 2. The lowest BCUT2D eigenvalue weighted by molar-refractivity contribution is -0.123. The first-order chi connectivity index (χ1) is 15.7. The van der Waals surface area contributed by atoms with Crippen molar-refractivity contribution < 1.29 is 27.9 Å². The van der Waals surface area contributed by atoms with Gasteiger partial charge in [-0.05, 0) is 73.6 Å². The number of nitrogens with zero attached hydrogens (tertiary/aromatic N) is 2. The topological polar surface area (TPSA) is 81.8 Å². The van der Waals surface area contributed by atoms with Crippen molar-refractivity contribution in [3.05, 3.63) is 80.1 Å². The SMILES string of the molecule is COC(=O)c1ccc(CN2C(=O)S/C(=C/c3cc(C)n(-c4ccc(Br)cc4F)c3C)C2=O)o1. The van der Waals surface area contributed by atoms with Gasteiger partial charge in [-0.3, -0.25) is 14.5 Å². The molecule has 0 bridgehead atoms. The molecule has 170 valence electrons. The highest BCUT2D eigenvalue weighted by Gasteiger charge is 2.36. The van der Waals surface area contributed by atoms with E-state index in [4.69, 9.17) is 4.42 Å². The van der Waals surface area contributed by atoms with Crippen LogP contribution < -0.4 is 0 Å². The van der Waals surface area contributed by atoms with Crippen molar-refractivity contribution >= 4 is 50.9 Å². The first kappa shape index (κ1) is 23.1. The van der Waals surface area contributed by atoms with Crippen LogP contribution in [0.5, 0.6) is 0 Å². The number of furan rings is 1. The number of carbonyl (C=O) groups is 3. The van der Waals surface area contributed by atoms with Crippen LogP contribution in [-0.2, 0) is 16.1 Å². The van der Waals surface area contributed by atoms with E-state index in [0.717, 1.165) is 28.0 Å². The Balaban J connectivity index is 1.60. The van der Waals surface area contributed by atoms with Gasteiger partial charge in [0.1, 0.15) is 11.6 Å². The van der Waals surface area contributed by atoms with Crippen molar-refractivity contribution in [1.82, 2.24) is 9.47 Å². The van der Waals surface area contributed by atoms with E-state index in [9.17, 15) is 18.8 Å². The molecule has 4 rings (SSSR count). The lowest BCUT2D eigenvalue weighted by Gasteiger charge is -2.11. The van der Waals surface area contributed by atoms with Crippen LogP contribution in [0.1, 0.15) is 33.3 Å². The minimum Gasteiger partial charge on any atom is -0.463 e. The average molecular weight is 533 g/mol. The molecule has 2 amide bonds. The Bertz CT molecular complexity index is 1330. The fourth-order valence-corrected chi connectivity index (χ4v) is 4.74. The molecule has 1 aromatic carbocycles. The van der Waals surface area contributed by atoms with Gasteiger partial charge in [-0.2, -0.15) is 0 Å². The zero-order valence-corrected chi connectivity index (χ0v) is 20.3. The summed E-state index contributed by atoms with van der Waals surface area (Å²) in [5, 5.41) is -0.449. The number of methoxy groups -OCH3 is 1. The summed E-state index contributed by atoms with van der Waals surface area (Å²) in [6.07, 6.45) is 1.63. The van der Waals surface area contributed by atoms with E-state index in [0.29, 0.717) is 15.7 Å². The molecule has 3 aromatic rings. The molecule has 0 atom stereocenters. The molecule has 0 N–H and O–H groups in total. The van der Waals surface area contributed by atoms with Crippen LogP contribution in [0.2, 0.25) is 0 Å². The van der Waals surface area contributed by atoms with Crippen LogP contribution in [0.25, 0.3) is 11.8 Å². The molecular weight excluding hydrogens is 515 g/mol. The number of aromatic nitrogens is 1. The molecule has 1 fully saturated rings. The second-order valence-electron chi connectivity index (χ2n) is 7.28. The third kappa shape index (κ3) is 4.40. The number of aryl methyl sites for hydroxylation is 1. The van der Waals surface area contributed by atoms with E-state index in [1.54, 1.807) is 22.8 Å². The number of ether oxygens (including phenoxy) is 1. The van der Waals surface area contributed by atoms with Crippen LogP contribution in [0.4, 0.5) is 9.18 Å². The lowest BCUT2D eigenvalue weighted by Crippen LogP contribution is -2.27.